The summed E-state index contributed by atoms with van der Waals surface area (Å²) in [6.07, 6.45) is 0.284. The summed E-state index contributed by atoms with van der Waals surface area (Å²) >= 11 is -0.0249. The van der Waals surface area contributed by atoms with Crippen molar-refractivity contribution in [1.82, 2.24) is 0 Å². The van der Waals surface area contributed by atoms with Gasteiger partial charge in [-0.1, -0.05) is 32.5 Å². The van der Waals surface area contributed by atoms with E-state index in [1.807, 2.05) is 20.8 Å². The van der Waals surface area contributed by atoms with Crippen molar-refractivity contribution >= 4 is 11.8 Å². The third kappa shape index (κ3) is 7.50. The van der Waals surface area contributed by atoms with Crippen molar-refractivity contribution < 1.29 is 18.3 Å². The van der Waals surface area contributed by atoms with Gasteiger partial charge in [0.15, 0.2) is 0 Å². The molecule has 0 aromatic carbocycles. The number of hydrogen-bond donors (Lipinski definition) is 1. The third-order valence-corrected chi connectivity index (χ3v) is 2.71. The van der Waals surface area contributed by atoms with Crippen molar-refractivity contribution in [2.75, 3.05) is 5.75 Å². The van der Waals surface area contributed by atoms with Gasteiger partial charge in [-0.25, -0.2) is 0 Å². The Morgan fingerprint density at radius 2 is 1.71 bits per heavy atom. The second-order valence-electron chi connectivity index (χ2n) is 4.32. The molecule has 0 saturated heterocycles. The van der Waals surface area contributed by atoms with E-state index in [4.69, 9.17) is 0 Å². The molecule has 0 aromatic rings. The quantitative estimate of drug-likeness (QED) is 0.747. The Morgan fingerprint density at radius 3 is 2.07 bits per heavy atom. The molecule has 1 N–H and O–H groups in total. The fourth-order valence-electron chi connectivity index (χ4n) is 0.898. The molecule has 0 aromatic heterocycles. The zero-order valence-corrected chi connectivity index (χ0v) is 9.50. The molecular weight excluding hydrogens is 213 g/mol. The van der Waals surface area contributed by atoms with Crippen molar-refractivity contribution in [3.8, 4) is 0 Å². The topological polar surface area (TPSA) is 20.2 Å². The molecule has 0 spiro atoms. The fourth-order valence-corrected chi connectivity index (χ4v) is 1.44. The second-order valence-corrected chi connectivity index (χ2v) is 5.48. The zero-order valence-electron chi connectivity index (χ0n) is 8.69. The van der Waals surface area contributed by atoms with E-state index in [9.17, 15) is 18.3 Å². The van der Waals surface area contributed by atoms with Crippen LogP contribution in [-0.2, 0) is 0 Å². The van der Waals surface area contributed by atoms with E-state index in [-0.39, 0.29) is 22.9 Å². The summed E-state index contributed by atoms with van der Waals surface area (Å²) < 4.78 is 35.1. The van der Waals surface area contributed by atoms with Gasteiger partial charge in [-0.05, 0) is 18.3 Å². The number of rotatable bonds is 4. The number of aliphatic hydroxyl groups is 1. The molecule has 1 nitrogen and oxygen atoms in total. The number of aliphatic hydroxyl groups excluding tert-OH is 1. The first-order valence-electron chi connectivity index (χ1n) is 4.51. The first-order valence-corrected chi connectivity index (χ1v) is 5.50. The minimum atomic E-state index is -4.15. The van der Waals surface area contributed by atoms with Crippen LogP contribution >= 0.6 is 11.8 Å². The first-order chi connectivity index (χ1) is 6.13. The highest BCUT2D eigenvalue weighted by Gasteiger charge is 2.28. The van der Waals surface area contributed by atoms with Crippen LogP contribution in [0.5, 0.6) is 0 Å². The molecule has 0 amide bonds. The van der Waals surface area contributed by atoms with Gasteiger partial charge in [0.1, 0.15) is 0 Å². The van der Waals surface area contributed by atoms with Crippen LogP contribution in [0.15, 0.2) is 0 Å². The maximum atomic E-state index is 11.7. The van der Waals surface area contributed by atoms with E-state index in [0.29, 0.717) is 12.8 Å². The van der Waals surface area contributed by atoms with Gasteiger partial charge in [0.2, 0.25) is 0 Å². The molecule has 14 heavy (non-hydrogen) atoms. The average molecular weight is 230 g/mol. The van der Waals surface area contributed by atoms with Gasteiger partial charge in [0.05, 0.1) is 6.10 Å². The smallest absolute Gasteiger partial charge is 0.393 e. The molecule has 0 rings (SSSR count). The van der Waals surface area contributed by atoms with Gasteiger partial charge in [0.25, 0.3) is 0 Å². The van der Waals surface area contributed by atoms with Crippen molar-refractivity contribution in [3.05, 3.63) is 0 Å². The van der Waals surface area contributed by atoms with Crippen LogP contribution in [-0.4, -0.2) is 22.5 Å². The minimum Gasteiger partial charge on any atom is -0.393 e. The summed E-state index contributed by atoms with van der Waals surface area (Å²) in [6, 6.07) is 0. The zero-order chi connectivity index (χ0) is 11.4. The number of alkyl halides is 3. The highest BCUT2D eigenvalue weighted by molar-refractivity contribution is 8.00. The van der Waals surface area contributed by atoms with E-state index in [1.54, 1.807) is 0 Å². The van der Waals surface area contributed by atoms with Crippen LogP contribution in [0.3, 0.4) is 0 Å². The van der Waals surface area contributed by atoms with Gasteiger partial charge in [-0.15, -0.1) is 0 Å². The molecule has 0 fully saturated rings. The van der Waals surface area contributed by atoms with Crippen LogP contribution < -0.4 is 0 Å². The minimum absolute atomic E-state index is 0.0244. The Balaban J connectivity index is 3.56. The van der Waals surface area contributed by atoms with Gasteiger partial charge < -0.3 is 5.11 Å². The van der Waals surface area contributed by atoms with Crippen molar-refractivity contribution in [3.63, 3.8) is 0 Å². The molecule has 0 aliphatic carbocycles. The molecule has 0 bridgehead atoms. The Kier molecular flexibility index (Phi) is 5.30. The van der Waals surface area contributed by atoms with Crippen LogP contribution in [0, 0.1) is 5.41 Å². The van der Waals surface area contributed by atoms with E-state index in [2.05, 4.69) is 0 Å². The van der Waals surface area contributed by atoms with E-state index >= 15 is 0 Å². The molecule has 1 atom stereocenters. The van der Waals surface area contributed by atoms with Crippen LogP contribution in [0.4, 0.5) is 13.2 Å². The van der Waals surface area contributed by atoms with Crippen LogP contribution in [0.1, 0.15) is 33.6 Å². The van der Waals surface area contributed by atoms with E-state index < -0.39 is 11.6 Å². The average Bonchev–Trinajstić information content (AvgIpc) is 1.93. The Labute approximate surface area is 87.1 Å². The summed E-state index contributed by atoms with van der Waals surface area (Å²) in [5.41, 5.74) is -4.39. The predicted octanol–water partition coefficient (Wildman–Crippen LogP) is 3.43. The summed E-state index contributed by atoms with van der Waals surface area (Å²) in [7, 11) is 0. The SMILES string of the molecule is CC(C)(C)C(O)CCCSC(F)(F)F. The Morgan fingerprint density at radius 1 is 1.21 bits per heavy atom. The van der Waals surface area contributed by atoms with E-state index in [0.717, 1.165) is 0 Å². The summed E-state index contributed by atoms with van der Waals surface area (Å²) in [4.78, 5) is 0. The Bertz CT molecular complexity index is 162. The van der Waals surface area contributed by atoms with E-state index in [1.165, 1.54) is 0 Å². The largest absolute Gasteiger partial charge is 0.441 e. The van der Waals surface area contributed by atoms with Gasteiger partial charge in [-0.3, -0.25) is 0 Å². The highest BCUT2D eigenvalue weighted by Crippen LogP contribution is 2.31. The lowest BCUT2D eigenvalue weighted by atomic mass is 9.87. The molecule has 0 radical (unpaired) electrons. The van der Waals surface area contributed by atoms with Crippen LogP contribution in [0.25, 0.3) is 0 Å². The lowest BCUT2D eigenvalue weighted by Gasteiger charge is -2.25. The second kappa shape index (κ2) is 5.26. The van der Waals surface area contributed by atoms with Gasteiger partial charge in [-0.2, -0.15) is 13.2 Å². The fraction of sp³-hybridized carbons (Fsp3) is 1.00. The van der Waals surface area contributed by atoms with Crippen LogP contribution in [0.2, 0.25) is 0 Å². The normalized spacial score (nSPS) is 15.6. The van der Waals surface area contributed by atoms with Crippen molar-refractivity contribution in [2.45, 2.75) is 45.2 Å². The van der Waals surface area contributed by atoms with Gasteiger partial charge >= 0.3 is 5.51 Å². The van der Waals surface area contributed by atoms with Crippen molar-refractivity contribution in [2.24, 2.45) is 5.41 Å². The molecular formula is C9H17F3OS. The summed E-state index contributed by atoms with van der Waals surface area (Å²) in [5, 5.41) is 9.52. The maximum Gasteiger partial charge on any atom is 0.441 e. The standard InChI is InChI=1S/C9H17F3OS/c1-8(2,3)7(13)5-4-6-14-9(10,11)12/h7,13H,4-6H2,1-3H3. The summed E-state index contributed by atoms with van der Waals surface area (Å²) in [6.45, 7) is 5.61. The lowest BCUT2D eigenvalue weighted by molar-refractivity contribution is -0.0329. The first kappa shape index (κ1) is 14.1. The monoisotopic (exact) mass is 230 g/mol. The number of halogens is 3. The molecule has 1 unspecified atom stereocenters. The maximum absolute atomic E-state index is 11.7. The number of thioether (sulfide) groups is 1. The highest BCUT2D eigenvalue weighted by atomic mass is 32.2. The van der Waals surface area contributed by atoms with Gasteiger partial charge in [0, 0.05) is 5.75 Å². The molecule has 0 heterocycles. The Hall–Kier alpha value is 0.100. The molecule has 5 heteroatoms. The molecule has 86 valence electrons. The molecule has 0 saturated carbocycles. The third-order valence-electron chi connectivity index (χ3n) is 1.89. The van der Waals surface area contributed by atoms with Crippen molar-refractivity contribution in [1.29, 1.82) is 0 Å². The number of hydrogen-bond acceptors (Lipinski definition) is 2. The lowest BCUT2D eigenvalue weighted by Crippen LogP contribution is -2.25. The predicted molar refractivity (Wildman–Crippen MR) is 53.2 cm³/mol. The summed E-state index contributed by atoms with van der Waals surface area (Å²) in [5.74, 6) is 0.0244. The molecule has 0 aliphatic heterocycles. The molecule has 0 aliphatic rings.